The first kappa shape index (κ1) is 19.9. The predicted octanol–water partition coefficient (Wildman–Crippen LogP) is 3.63. The third-order valence-electron chi connectivity index (χ3n) is 4.93. The van der Waals surface area contributed by atoms with Gasteiger partial charge >= 0.3 is 0 Å². The van der Waals surface area contributed by atoms with E-state index in [1.54, 1.807) is 26.4 Å². The van der Waals surface area contributed by atoms with E-state index in [4.69, 9.17) is 13.9 Å². The van der Waals surface area contributed by atoms with E-state index in [1.807, 2.05) is 36.9 Å². The standard InChI is InChI=1S/C21H27N3O4/c1-14(2)20-22-23-21(28-20)16-9-11-24(12-10-16)19(25)8-6-15-5-7-17(26-3)18(13-15)27-4/h5-8,13-14,16H,9-12H2,1-4H3/b8-6+. The van der Waals surface area contributed by atoms with Gasteiger partial charge in [0.2, 0.25) is 17.7 Å². The van der Waals surface area contributed by atoms with Gasteiger partial charge in [0, 0.05) is 31.0 Å². The van der Waals surface area contributed by atoms with Crippen LogP contribution < -0.4 is 9.47 Å². The SMILES string of the molecule is COc1ccc(/C=C/C(=O)N2CCC(c3nnc(C(C)C)o3)CC2)cc1OC. The van der Waals surface area contributed by atoms with E-state index >= 15 is 0 Å². The summed E-state index contributed by atoms with van der Waals surface area (Å²) in [7, 11) is 3.19. The van der Waals surface area contributed by atoms with Gasteiger partial charge in [-0.15, -0.1) is 10.2 Å². The van der Waals surface area contributed by atoms with Crippen molar-refractivity contribution in [2.24, 2.45) is 0 Å². The summed E-state index contributed by atoms with van der Waals surface area (Å²) in [4.78, 5) is 14.4. The van der Waals surface area contributed by atoms with Crippen molar-refractivity contribution in [3.05, 3.63) is 41.6 Å². The molecule has 2 aromatic rings. The highest BCUT2D eigenvalue weighted by Crippen LogP contribution is 2.29. The number of amides is 1. The molecule has 1 amide bonds. The average molecular weight is 385 g/mol. The number of hydrogen-bond acceptors (Lipinski definition) is 6. The molecule has 0 bridgehead atoms. The maximum atomic E-state index is 12.5. The van der Waals surface area contributed by atoms with Gasteiger partial charge in [0.05, 0.1) is 14.2 Å². The van der Waals surface area contributed by atoms with Gasteiger partial charge in [-0.25, -0.2) is 0 Å². The molecule has 3 rings (SSSR count). The molecule has 0 spiro atoms. The van der Waals surface area contributed by atoms with E-state index in [0.717, 1.165) is 18.4 Å². The largest absolute Gasteiger partial charge is 0.493 e. The fourth-order valence-electron chi connectivity index (χ4n) is 3.22. The quantitative estimate of drug-likeness (QED) is 0.707. The Morgan fingerprint density at radius 3 is 2.50 bits per heavy atom. The minimum Gasteiger partial charge on any atom is -0.493 e. The second-order valence-electron chi connectivity index (χ2n) is 7.18. The second-order valence-corrected chi connectivity index (χ2v) is 7.18. The lowest BCUT2D eigenvalue weighted by Crippen LogP contribution is -2.36. The van der Waals surface area contributed by atoms with Crippen LogP contribution in [0, 0.1) is 0 Å². The molecule has 1 fully saturated rings. The molecule has 0 N–H and O–H groups in total. The third-order valence-corrected chi connectivity index (χ3v) is 4.93. The molecule has 150 valence electrons. The van der Waals surface area contributed by atoms with Crippen LogP contribution in [0.15, 0.2) is 28.7 Å². The molecule has 1 aromatic carbocycles. The molecule has 0 aliphatic carbocycles. The van der Waals surface area contributed by atoms with E-state index < -0.39 is 0 Å². The summed E-state index contributed by atoms with van der Waals surface area (Å²) in [6.45, 7) is 5.42. The summed E-state index contributed by atoms with van der Waals surface area (Å²) < 4.78 is 16.3. The van der Waals surface area contributed by atoms with Crippen LogP contribution in [-0.2, 0) is 4.79 Å². The lowest BCUT2D eigenvalue weighted by molar-refractivity contribution is -0.127. The maximum Gasteiger partial charge on any atom is 0.246 e. The number of rotatable bonds is 6. The highest BCUT2D eigenvalue weighted by Gasteiger charge is 2.26. The Morgan fingerprint density at radius 2 is 1.89 bits per heavy atom. The minimum atomic E-state index is 0.00151. The van der Waals surface area contributed by atoms with Crippen LogP contribution >= 0.6 is 0 Å². The van der Waals surface area contributed by atoms with Crippen molar-refractivity contribution in [1.82, 2.24) is 15.1 Å². The zero-order chi connectivity index (χ0) is 20.1. The molecule has 0 saturated carbocycles. The van der Waals surface area contributed by atoms with Crippen molar-refractivity contribution >= 4 is 12.0 Å². The summed E-state index contributed by atoms with van der Waals surface area (Å²) in [6, 6.07) is 5.56. The summed E-state index contributed by atoms with van der Waals surface area (Å²) >= 11 is 0. The van der Waals surface area contributed by atoms with Crippen LogP contribution in [0.25, 0.3) is 6.08 Å². The number of likely N-dealkylation sites (tertiary alicyclic amines) is 1. The van der Waals surface area contributed by atoms with Crippen LogP contribution in [0.2, 0.25) is 0 Å². The molecule has 1 aliphatic rings. The van der Waals surface area contributed by atoms with Crippen LogP contribution in [0.1, 0.15) is 55.9 Å². The predicted molar refractivity (Wildman–Crippen MR) is 106 cm³/mol. The fourth-order valence-corrected chi connectivity index (χ4v) is 3.22. The first-order valence-electron chi connectivity index (χ1n) is 9.54. The van der Waals surface area contributed by atoms with E-state index in [2.05, 4.69) is 10.2 Å². The number of hydrogen-bond donors (Lipinski definition) is 0. The van der Waals surface area contributed by atoms with Gasteiger partial charge in [0.25, 0.3) is 0 Å². The van der Waals surface area contributed by atoms with Gasteiger partial charge in [0.15, 0.2) is 11.5 Å². The Labute approximate surface area is 165 Å². The molecule has 2 heterocycles. The molecule has 1 saturated heterocycles. The molecule has 7 heteroatoms. The zero-order valence-corrected chi connectivity index (χ0v) is 16.8. The zero-order valence-electron chi connectivity index (χ0n) is 16.8. The number of methoxy groups -OCH3 is 2. The number of nitrogens with zero attached hydrogens (tertiary/aromatic N) is 3. The van der Waals surface area contributed by atoms with Crippen molar-refractivity contribution in [2.45, 2.75) is 38.5 Å². The van der Waals surface area contributed by atoms with E-state index in [0.29, 0.717) is 36.4 Å². The minimum absolute atomic E-state index is 0.00151. The van der Waals surface area contributed by atoms with Crippen LogP contribution in [-0.4, -0.2) is 48.3 Å². The summed E-state index contributed by atoms with van der Waals surface area (Å²) in [5, 5.41) is 8.29. The number of carbonyl (C=O) groups is 1. The lowest BCUT2D eigenvalue weighted by Gasteiger charge is -2.29. The lowest BCUT2D eigenvalue weighted by atomic mass is 9.97. The molecule has 0 unspecified atom stereocenters. The van der Waals surface area contributed by atoms with E-state index in [9.17, 15) is 4.79 Å². The molecule has 1 aliphatic heterocycles. The fraction of sp³-hybridized carbons (Fsp3) is 0.476. The van der Waals surface area contributed by atoms with Crippen LogP contribution in [0.4, 0.5) is 0 Å². The first-order valence-corrected chi connectivity index (χ1v) is 9.54. The molecule has 7 nitrogen and oxygen atoms in total. The van der Waals surface area contributed by atoms with Gasteiger partial charge in [-0.2, -0.15) is 0 Å². The summed E-state index contributed by atoms with van der Waals surface area (Å²) in [6.07, 6.45) is 5.06. The van der Waals surface area contributed by atoms with Crippen molar-refractivity contribution in [3.8, 4) is 11.5 Å². The smallest absolute Gasteiger partial charge is 0.246 e. The van der Waals surface area contributed by atoms with Crippen molar-refractivity contribution in [1.29, 1.82) is 0 Å². The molecule has 1 aromatic heterocycles. The van der Waals surface area contributed by atoms with E-state index in [1.165, 1.54) is 0 Å². The highest BCUT2D eigenvalue weighted by molar-refractivity contribution is 5.92. The number of benzene rings is 1. The molecular formula is C21H27N3O4. The third kappa shape index (κ3) is 4.52. The Morgan fingerprint density at radius 1 is 1.18 bits per heavy atom. The second kappa shape index (κ2) is 8.91. The number of aromatic nitrogens is 2. The highest BCUT2D eigenvalue weighted by atomic mass is 16.5. The van der Waals surface area contributed by atoms with E-state index in [-0.39, 0.29) is 17.7 Å². The van der Waals surface area contributed by atoms with Crippen molar-refractivity contribution in [3.63, 3.8) is 0 Å². The molecule has 0 radical (unpaired) electrons. The topological polar surface area (TPSA) is 77.7 Å². The summed E-state index contributed by atoms with van der Waals surface area (Å²) in [5.41, 5.74) is 0.882. The van der Waals surface area contributed by atoms with Crippen molar-refractivity contribution < 1.29 is 18.7 Å². The van der Waals surface area contributed by atoms with Crippen LogP contribution in [0.5, 0.6) is 11.5 Å². The molecule has 0 atom stereocenters. The summed E-state index contributed by atoms with van der Waals surface area (Å²) in [5.74, 6) is 3.11. The number of ether oxygens (including phenoxy) is 2. The Bertz CT molecular complexity index is 836. The van der Waals surface area contributed by atoms with Gasteiger partial charge in [-0.3, -0.25) is 4.79 Å². The number of piperidine rings is 1. The van der Waals surface area contributed by atoms with Crippen LogP contribution in [0.3, 0.4) is 0 Å². The number of carbonyl (C=O) groups excluding carboxylic acids is 1. The molecule has 28 heavy (non-hydrogen) atoms. The van der Waals surface area contributed by atoms with Gasteiger partial charge in [-0.05, 0) is 36.6 Å². The van der Waals surface area contributed by atoms with Gasteiger partial charge in [0.1, 0.15) is 0 Å². The van der Waals surface area contributed by atoms with Gasteiger partial charge < -0.3 is 18.8 Å². The Kier molecular flexibility index (Phi) is 6.34. The normalized spacial score (nSPS) is 15.4. The Balaban J connectivity index is 1.57. The van der Waals surface area contributed by atoms with Gasteiger partial charge in [-0.1, -0.05) is 19.9 Å². The first-order chi connectivity index (χ1) is 13.5. The molecular weight excluding hydrogens is 358 g/mol. The monoisotopic (exact) mass is 385 g/mol. The Hall–Kier alpha value is -2.83. The average Bonchev–Trinajstić information content (AvgIpc) is 3.22. The maximum absolute atomic E-state index is 12.5. The van der Waals surface area contributed by atoms with Crippen molar-refractivity contribution in [2.75, 3.05) is 27.3 Å².